The van der Waals surface area contributed by atoms with Gasteiger partial charge in [-0.05, 0) is 18.4 Å². The summed E-state index contributed by atoms with van der Waals surface area (Å²) >= 11 is 6.18. The van der Waals surface area contributed by atoms with Crippen molar-refractivity contribution >= 4 is 17.3 Å². The smallest absolute Gasteiger partial charge is 0.287 e. The van der Waals surface area contributed by atoms with Crippen LogP contribution in [0.15, 0.2) is 41.3 Å². The third-order valence-electron chi connectivity index (χ3n) is 3.54. The van der Waals surface area contributed by atoms with Gasteiger partial charge in [-0.1, -0.05) is 55.8 Å². The second-order valence-electron chi connectivity index (χ2n) is 5.50. The topological polar surface area (TPSA) is 46.9 Å². The fourth-order valence-corrected chi connectivity index (χ4v) is 2.05. The van der Waals surface area contributed by atoms with Crippen LogP contribution in [-0.2, 0) is 6.54 Å². The van der Waals surface area contributed by atoms with E-state index in [-0.39, 0.29) is 16.6 Å². The summed E-state index contributed by atoms with van der Waals surface area (Å²) in [5, 5.41) is 7.63. The fourth-order valence-electron chi connectivity index (χ4n) is 1.85. The molecule has 112 valence electrons. The van der Waals surface area contributed by atoms with Gasteiger partial charge in [0.05, 0.1) is 18.4 Å². The van der Waals surface area contributed by atoms with Crippen molar-refractivity contribution < 1.29 is 0 Å². The number of benzene rings is 1. The van der Waals surface area contributed by atoms with Crippen LogP contribution in [0.4, 0.5) is 5.69 Å². The Labute approximate surface area is 129 Å². The minimum Gasteiger partial charge on any atom is -0.380 e. The molecule has 1 N–H and O–H groups in total. The molecule has 0 aliphatic heterocycles. The van der Waals surface area contributed by atoms with E-state index in [1.807, 2.05) is 30.3 Å². The number of anilines is 1. The van der Waals surface area contributed by atoms with E-state index in [2.05, 4.69) is 31.2 Å². The van der Waals surface area contributed by atoms with Crippen molar-refractivity contribution in [1.29, 1.82) is 0 Å². The molecule has 0 bridgehead atoms. The standard InChI is InChI=1S/C16H20ClN3O/c1-11(2)12(3)19-14-9-18-20(16(21)15(14)17)10-13-7-5-4-6-8-13/h4-9,11-12,19H,10H2,1-3H3. The lowest BCUT2D eigenvalue weighted by Crippen LogP contribution is -2.27. The molecule has 21 heavy (non-hydrogen) atoms. The molecule has 2 aromatic rings. The molecule has 0 fully saturated rings. The Kier molecular flexibility index (Phi) is 5.02. The average molecular weight is 306 g/mol. The van der Waals surface area contributed by atoms with Crippen LogP contribution in [0.1, 0.15) is 26.3 Å². The zero-order valence-corrected chi connectivity index (χ0v) is 13.3. The highest BCUT2D eigenvalue weighted by atomic mass is 35.5. The van der Waals surface area contributed by atoms with Gasteiger partial charge < -0.3 is 5.32 Å². The van der Waals surface area contributed by atoms with E-state index >= 15 is 0 Å². The van der Waals surface area contributed by atoms with Gasteiger partial charge in [0, 0.05) is 6.04 Å². The molecule has 0 radical (unpaired) electrons. The molecule has 2 rings (SSSR count). The Balaban J connectivity index is 2.24. The Morgan fingerprint density at radius 1 is 1.24 bits per heavy atom. The molecule has 0 saturated heterocycles. The molecule has 0 aliphatic rings. The van der Waals surface area contributed by atoms with Gasteiger partial charge in [-0.3, -0.25) is 4.79 Å². The summed E-state index contributed by atoms with van der Waals surface area (Å²) in [4.78, 5) is 12.3. The van der Waals surface area contributed by atoms with Crippen LogP contribution in [0.25, 0.3) is 0 Å². The van der Waals surface area contributed by atoms with Crippen molar-refractivity contribution in [3.63, 3.8) is 0 Å². The maximum atomic E-state index is 12.3. The molecule has 5 heteroatoms. The monoisotopic (exact) mass is 305 g/mol. The van der Waals surface area contributed by atoms with E-state index in [1.165, 1.54) is 4.68 Å². The molecule has 1 aromatic carbocycles. The van der Waals surface area contributed by atoms with Gasteiger partial charge in [-0.2, -0.15) is 5.10 Å². The molecule has 0 saturated carbocycles. The zero-order valence-electron chi connectivity index (χ0n) is 12.5. The minimum absolute atomic E-state index is 0.188. The third kappa shape index (κ3) is 3.85. The molecule has 1 heterocycles. The predicted octanol–water partition coefficient (Wildman–Crippen LogP) is 3.40. The van der Waals surface area contributed by atoms with Gasteiger partial charge in [0.15, 0.2) is 0 Å². The summed E-state index contributed by atoms with van der Waals surface area (Å²) < 4.78 is 1.38. The summed E-state index contributed by atoms with van der Waals surface area (Å²) in [6, 6.07) is 9.93. The van der Waals surface area contributed by atoms with Gasteiger partial charge >= 0.3 is 0 Å². The van der Waals surface area contributed by atoms with Crippen LogP contribution in [0.3, 0.4) is 0 Å². The van der Waals surface area contributed by atoms with E-state index < -0.39 is 0 Å². The number of aromatic nitrogens is 2. The van der Waals surface area contributed by atoms with Crippen molar-refractivity contribution in [2.45, 2.75) is 33.4 Å². The maximum Gasteiger partial charge on any atom is 0.287 e. The lowest BCUT2D eigenvalue weighted by Gasteiger charge is -2.19. The highest BCUT2D eigenvalue weighted by molar-refractivity contribution is 6.32. The summed E-state index contributed by atoms with van der Waals surface area (Å²) in [6.07, 6.45) is 1.62. The Bertz CT molecular complexity index is 652. The molecule has 1 aromatic heterocycles. The van der Waals surface area contributed by atoms with Crippen LogP contribution in [0.5, 0.6) is 0 Å². The molecular formula is C16H20ClN3O. The first-order valence-electron chi connectivity index (χ1n) is 7.05. The first-order valence-corrected chi connectivity index (χ1v) is 7.43. The lowest BCUT2D eigenvalue weighted by molar-refractivity contribution is 0.558. The second-order valence-corrected chi connectivity index (χ2v) is 5.88. The molecule has 4 nitrogen and oxygen atoms in total. The van der Waals surface area contributed by atoms with Gasteiger partial charge in [-0.15, -0.1) is 0 Å². The van der Waals surface area contributed by atoms with Gasteiger partial charge in [0.2, 0.25) is 0 Å². The molecule has 0 aliphatic carbocycles. The Morgan fingerprint density at radius 2 is 1.90 bits per heavy atom. The predicted molar refractivity (Wildman–Crippen MR) is 87.0 cm³/mol. The fraction of sp³-hybridized carbons (Fsp3) is 0.375. The summed E-state index contributed by atoms with van der Waals surface area (Å²) in [5.74, 6) is 0.438. The number of nitrogens with one attached hydrogen (secondary N) is 1. The first kappa shape index (κ1) is 15.6. The van der Waals surface area contributed by atoms with Crippen molar-refractivity contribution in [1.82, 2.24) is 9.78 Å². The molecular weight excluding hydrogens is 286 g/mol. The number of halogens is 1. The quantitative estimate of drug-likeness (QED) is 0.921. The lowest BCUT2D eigenvalue weighted by atomic mass is 10.1. The molecule has 1 unspecified atom stereocenters. The van der Waals surface area contributed by atoms with Crippen molar-refractivity contribution in [3.8, 4) is 0 Å². The second kappa shape index (κ2) is 6.76. The summed E-state index contributed by atoms with van der Waals surface area (Å²) in [5.41, 5.74) is 1.33. The van der Waals surface area contributed by atoms with Gasteiger partial charge in [0.1, 0.15) is 5.02 Å². The summed E-state index contributed by atoms with van der Waals surface area (Å²) in [6.45, 7) is 6.68. The largest absolute Gasteiger partial charge is 0.380 e. The van der Waals surface area contributed by atoms with Crippen LogP contribution >= 0.6 is 11.6 Å². The Hall–Kier alpha value is -1.81. The van der Waals surface area contributed by atoms with Crippen molar-refractivity contribution in [2.75, 3.05) is 5.32 Å². The summed E-state index contributed by atoms with van der Waals surface area (Å²) in [7, 11) is 0. The highest BCUT2D eigenvalue weighted by Crippen LogP contribution is 2.18. The van der Waals surface area contributed by atoms with Crippen LogP contribution in [-0.4, -0.2) is 15.8 Å². The van der Waals surface area contributed by atoms with E-state index in [0.29, 0.717) is 18.2 Å². The first-order chi connectivity index (χ1) is 9.99. The van der Waals surface area contributed by atoms with Crippen LogP contribution < -0.4 is 10.9 Å². The third-order valence-corrected chi connectivity index (χ3v) is 3.91. The highest BCUT2D eigenvalue weighted by Gasteiger charge is 2.13. The van der Waals surface area contributed by atoms with E-state index in [9.17, 15) is 4.79 Å². The van der Waals surface area contributed by atoms with E-state index in [4.69, 9.17) is 11.6 Å². The number of hydrogen-bond acceptors (Lipinski definition) is 3. The van der Waals surface area contributed by atoms with Crippen LogP contribution in [0, 0.1) is 5.92 Å². The number of rotatable bonds is 5. The Morgan fingerprint density at radius 3 is 2.52 bits per heavy atom. The number of nitrogens with zero attached hydrogens (tertiary/aromatic N) is 2. The van der Waals surface area contributed by atoms with Gasteiger partial charge in [-0.25, -0.2) is 4.68 Å². The van der Waals surface area contributed by atoms with Gasteiger partial charge in [0.25, 0.3) is 5.56 Å². The van der Waals surface area contributed by atoms with E-state index in [0.717, 1.165) is 5.56 Å². The minimum atomic E-state index is -0.276. The van der Waals surface area contributed by atoms with Crippen molar-refractivity contribution in [3.05, 3.63) is 57.5 Å². The maximum absolute atomic E-state index is 12.3. The molecule has 0 spiro atoms. The SMILES string of the molecule is CC(C)C(C)Nc1cnn(Cc2ccccc2)c(=O)c1Cl. The zero-order chi connectivity index (χ0) is 15.4. The van der Waals surface area contributed by atoms with Crippen LogP contribution in [0.2, 0.25) is 5.02 Å². The average Bonchev–Trinajstić information content (AvgIpc) is 2.47. The normalized spacial score (nSPS) is 12.4. The van der Waals surface area contributed by atoms with E-state index in [1.54, 1.807) is 6.20 Å². The molecule has 0 amide bonds. The van der Waals surface area contributed by atoms with Crippen molar-refractivity contribution in [2.24, 2.45) is 5.92 Å². The number of hydrogen-bond donors (Lipinski definition) is 1. The molecule has 1 atom stereocenters.